The summed E-state index contributed by atoms with van der Waals surface area (Å²) in [6.07, 6.45) is 2.50. The molecule has 4 nitrogen and oxygen atoms in total. The normalized spacial score (nSPS) is 10.7. The summed E-state index contributed by atoms with van der Waals surface area (Å²) in [6.45, 7) is 1.30. The van der Waals surface area contributed by atoms with E-state index >= 15 is 0 Å². The van der Waals surface area contributed by atoms with Crippen molar-refractivity contribution in [2.45, 2.75) is 13.0 Å². The monoisotopic (exact) mass is 414 g/mol. The zero-order chi connectivity index (χ0) is 14.9. The lowest BCUT2D eigenvalue weighted by atomic mass is 10.1. The molecule has 0 atom stereocenters. The first-order valence-electron chi connectivity index (χ1n) is 6.87. The van der Waals surface area contributed by atoms with Gasteiger partial charge < -0.3 is 10.6 Å². The summed E-state index contributed by atoms with van der Waals surface area (Å²) < 4.78 is 13.1. The summed E-state index contributed by atoms with van der Waals surface area (Å²) in [5, 5.41) is 6.38. The Bertz CT molecular complexity index is 590. The topological polar surface area (TPSA) is 49.3 Å². The van der Waals surface area contributed by atoms with Crippen LogP contribution in [0.2, 0.25) is 0 Å². The van der Waals surface area contributed by atoms with Gasteiger partial charge in [-0.15, -0.1) is 24.0 Å². The number of pyridine rings is 1. The summed E-state index contributed by atoms with van der Waals surface area (Å²) in [5.74, 6) is 0.502. The third kappa shape index (κ3) is 6.38. The van der Waals surface area contributed by atoms with Crippen molar-refractivity contribution in [2.24, 2.45) is 4.99 Å². The van der Waals surface area contributed by atoms with Crippen LogP contribution in [0.15, 0.2) is 53.7 Å². The molecule has 0 unspecified atom stereocenters. The van der Waals surface area contributed by atoms with Crippen LogP contribution in [-0.4, -0.2) is 24.5 Å². The van der Waals surface area contributed by atoms with Crippen molar-refractivity contribution in [1.82, 2.24) is 15.6 Å². The van der Waals surface area contributed by atoms with Gasteiger partial charge in [0.15, 0.2) is 5.96 Å². The van der Waals surface area contributed by atoms with Crippen molar-refractivity contribution in [1.29, 1.82) is 0 Å². The van der Waals surface area contributed by atoms with E-state index in [1.165, 1.54) is 6.07 Å². The molecule has 0 saturated carbocycles. The Morgan fingerprint density at radius 3 is 2.73 bits per heavy atom. The van der Waals surface area contributed by atoms with Gasteiger partial charge in [0.25, 0.3) is 0 Å². The molecule has 0 spiro atoms. The molecular formula is C16H20FIN4. The molecule has 118 valence electrons. The first-order chi connectivity index (χ1) is 10.3. The van der Waals surface area contributed by atoms with Crippen LogP contribution in [0.3, 0.4) is 0 Å². The molecule has 2 rings (SSSR count). The Kier molecular flexibility index (Phi) is 8.42. The van der Waals surface area contributed by atoms with Gasteiger partial charge in [-0.1, -0.05) is 18.2 Å². The van der Waals surface area contributed by atoms with Gasteiger partial charge in [-0.25, -0.2) is 4.39 Å². The van der Waals surface area contributed by atoms with Crippen molar-refractivity contribution in [3.63, 3.8) is 0 Å². The molecule has 0 aliphatic heterocycles. The minimum absolute atomic E-state index is 0. The number of nitrogens with zero attached hydrogens (tertiary/aromatic N) is 2. The highest BCUT2D eigenvalue weighted by atomic mass is 127. The van der Waals surface area contributed by atoms with E-state index in [-0.39, 0.29) is 29.8 Å². The Morgan fingerprint density at radius 2 is 2.05 bits per heavy atom. The Hall–Kier alpha value is -1.70. The van der Waals surface area contributed by atoms with E-state index in [1.54, 1.807) is 25.4 Å². The van der Waals surface area contributed by atoms with E-state index in [0.717, 1.165) is 17.7 Å². The maximum Gasteiger partial charge on any atom is 0.191 e. The molecule has 1 aromatic heterocycles. The fourth-order valence-corrected chi connectivity index (χ4v) is 1.92. The van der Waals surface area contributed by atoms with Gasteiger partial charge in [0.2, 0.25) is 0 Å². The molecule has 0 amide bonds. The number of aliphatic imine (C=N–C) groups is 1. The van der Waals surface area contributed by atoms with Crippen molar-refractivity contribution >= 4 is 29.9 Å². The SMILES string of the molecule is CN=C(NCCc1cccc(F)c1)NCc1ccccn1.I. The lowest BCUT2D eigenvalue weighted by molar-refractivity contribution is 0.625. The number of hydrogen-bond donors (Lipinski definition) is 2. The van der Waals surface area contributed by atoms with Crippen LogP contribution in [0.1, 0.15) is 11.3 Å². The molecule has 0 aliphatic rings. The zero-order valence-corrected chi connectivity index (χ0v) is 14.8. The summed E-state index contributed by atoms with van der Waals surface area (Å²) in [6, 6.07) is 12.4. The Balaban J connectivity index is 0.00000242. The van der Waals surface area contributed by atoms with Crippen LogP contribution < -0.4 is 10.6 Å². The van der Waals surface area contributed by atoms with Gasteiger partial charge in [-0.3, -0.25) is 9.98 Å². The molecule has 2 N–H and O–H groups in total. The van der Waals surface area contributed by atoms with Crippen LogP contribution in [0.4, 0.5) is 4.39 Å². The van der Waals surface area contributed by atoms with Crippen LogP contribution in [0.5, 0.6) is 0 Å². The first kappa shape index (κ1) is 18.3. The minimum atomic E-state index is -0.204. The predicted octanol–water partition coefficient (Wildman–Crippen LogP) is 2.75. The second-order valence-corrected chi connectivity index (χ2v) is 4.55. The molecule has 1 heterocycles. The van der Waals surface area contributed by atoms with Gasteiger partial charge >= 0.3 is 0 Å². The number of aromatic nitrogens is 1. The Morgan fingerprint density at radius 1 is 1.18 bits per heavy atom. The molecule has 0 bridgehead atoms. The van der Waals surface area contributed by atoms with Crippen LogP contribution in [-0.2, 0) is 13.0 Å². The fraction of sp³-hybridized carbons (Fsp3) is 0.250. The van der Waals surface area contributed by atoms with Gasteiger partial charge in [-0.05, 0) is 36.2 Å². The van der Waals surface area contributed by atoms with E-state index in [4.69, 9.17) is 0 Å². The summed E-state index contributed by atoms with van der Waals surface area (Å²) in [4.78, 5) is 8.38. The van der Waals surface area contributed by atoms with Crippen molar-refractivity contribution in [3.8, 4) is 0 Å². The molecule has 0 saturated heterocycles. The largest absolute Gasteiger partial charge is 0.356 e. The number of nitrogens with one attached hydrogen (secondary N) is 2. The lowest BCUT2D eigenvalue weighted by Crippen LogP contribution is -2.38. The van der Waals surface area contributed by atoms with E-state index in [9.17, 15) is 4.39 Å². The van der Waals surface area contributed by atoms with Gasteiger partial charge in [0.1, 0.15) is 5.82 Å². The fourth-order valence-electron chi connectivity index (χ4n) is 1.92. The molecule has 1 aromatic carbocycles. The average Bonchev–Trinajstić information content (AvgIpc) is 2.52. The quantitative estimate of drug-likeness (QED) is 0.450. The minimum Gasteiger partial charge on any atom is -0.356 e. The second kappa shape index (κ2) is 10.1. The molecule has 0 radical (unpaired) electrons. The van der Waals surface area contributed by atoms with E-state index in [0.29, 0.717) is 19.0 Å². The highest BCUT2D eigenvalue weighted by molar-refractivity contribution is 14.0. The predicted molar refractivity (Wildman–Crippen MR) is 98.0 cm³/mol. The van der Waals surface area contributed by atoms with Gasteiger partial charge in [0, 0.05) is 19.8 Å². The number of guanidine groups is 1. The number of halogens is 2. The standard InChI is InChI=1S/C16H19FN4.HI/c1-18-16(21-12-15-7-2-3-9-19-15)20-10-8-13-5-4-6-14(17)11-13;/h2-7,9,11H,8,10,12H2,1H3,(H2,18,20,21);1H. The van der Waals surface area contributed by atoms with Crippen molar-refractivity contribution in [2.75, 3.05) is 13.6 Å². The van der Waals surface area contributed by atoms with Crippen molar-refractivity contribution in [3.05, 3.63) is 65.7 Å². The smallest absolute Gasteiger partial charge is 0.191 e. The highest BCUT2D eigenvalue weighted by Crippen LogP contribution is 2.03. The molecule has 6 heteroatoms. The highest BCUT2D eigenvalue weighted by Gasteiger charge is 2.00. The molecule has 22 heavy (non-hydrogen) atoms. The van der Waals surface area contributed by atoms with Crippen LogP contribution in [0.25, 0.3) is 0 Å². The number of benzene rings is 1. The van der Waals surface area contributed by atoms with E-state index < -0.39 is 0 Å². The van der Waals surface area contributed by atoms with Crippen LogP contribution in [0, 0.1) is 5.82 Å². The maximum atomic E-state index is 13.1. The number of hydrogen-bond acceptors (Lipinski definition) is 2. The lowest BCUT2D eigenvalue weighted by Gasteiger charge is -2.11. The van der Waals surface area contributed by atoms with Crippen molar-refractivity contribution < 1.29 is 4.39 Å². The molecular weight excluding hydrogens is 394 g/mol. The molecule has 0 aliphatic carbocycles. The maximum absolute atomic E-state index is 13.1. The number of rotatable bonds is 5. The third-order valence-electron chi connectivity index (χ3n) is 2.98. The van der Waals surface area contributed by atoms with Gasteiger partial charge in [-0.2, -0.15) is 0 Å². The zero-order valence-electron chi connectivity index (χ0n) is 12.4. The van der Waals surface area contributed by atoms with E-state index in [2.05, 4.69) is 20.6 Å². The van der Waals surface area contributed by atoms with E-state index in [1.807, 2.05) is 24.3 Å². The van der Waals surface area contributed by atoms with Gasteiger partial charge in [0.05, 0.1) is 12.2 Å². The summed E-state index contributed by atoms with van der Waals surface area (Å²) in [7, 11) is 1.72. The molecule has 2 aromatic rings. The average molecular weight is 414 g/mol. The first-order valence-corrected chi connectivity index (χ1v) is 6.87. The summed E-state index contributed by atoms with van der Waals surface area (Å²) in [5.41, 5.74) is 1.91. The Labute approximate surface area is 147 Å². The third-order valence-corrected chi connectivity index (χ3v) is 2.98. The summed E-state index contributed by atoms with van der Waals surface area (Å²) >= 11 is 0. The van der Waals surface area contributed by atoms with Crippen LogP contribution >= 0.6 is 24.0 Å². The second-order valence-electron chi connectivity index (χ2n) is 4.55. The molecule has 0 fully saturated rings.